The van der Waals surface area contributed by atoms with Crippen molar-refractivity contribution in [1.82, 2.24) is 0 Å². The van der Waals surface area contributed by atoms with Crippen LogP contribution in [0.25, 0.3) is 186 Å². The molecule has 0 aliphatic rings. The summed E-state index contributed by atoms with van der Waals surface area (Å²) in [5.41, 5.74) is 17.9. The number of hydrogen-bond acceptors (Lipinski definition) is 2. The van der Waals surface area contributed by atoms with E-state index in [4.69, 9.17) is 8.83 Å². The van der Waals surface area contributed by atoms with Crippen LogP contribution in [0.2, 0.25) is 0 Å². The van der Waals surface area contributed by atoms with E-state index in [1.54, 1.807) is 0 Å². The second kappa shape index (κ2) is 18.2. The van der Waals surface area contributed by atoms with Crippen molar-refractivity contribution in [2.45, 2.75) is 0 Å². The van der Waals surface area contributed by atoms with E-state index in [1.807, 2.05) is 0 Å². The molecule has 18 rings (SSSR count). The van der Waals surface area contributed by atoms with Crippen molar-refractivity contribution in [2.75, 3.05) is 0 Å². The summed E-state index contributed by atoms with van der Waals surface area (Å²) < 4.78 is 13.7. The van der Waals surface area contributed by atoms with E-state index in [2.05, 4.69) is 291 Å². The molecule has 18 aromatic rings. The minimum absolute atomic E-state index is 0.878. The molecule has 388 valence electrons. The summed E-state index contributed by atoms with van der Waals surface area (Å²) in [6.45, 7) is 0. The molecule has 84 heavy (non-hydrogen) atoms. The van der Waals surface area contributed by atoms with Gasteiger partial charge in [-0.25, -0.2) is 0 Å². The first-order valence-corrected chi connectivity index (χ1v) is 28.9. The number of fused-ring (bicyclic) bond motifs is 15. The monoisotopic (exact) mass is 1060 g/mol. The van der Waals surface area contributed by atoms with Gasteiger partial charge in [-0.1, -0.05) is 231 Å². The SMILES string of the molecule is c1ccc(-c2c3ccccc3c(-c3cccc(-c4ccc5c(c4)oc4c6cc(-c7ccc8cc(-c9c%10ccccc%10c(-c%10ccc%11c(c%10)oc%10c%12ccccc%12ccc%11%10)c%10ccccc9%10)ccc8c7)ccc6ccc54)c3)c3ccccc23)cc1. The van der Waals surface area contributed by atoms with Gasteiger partial charge >= 0.3 is 0 Å². The lowest BCUT2D eigenvalue weighted by Crippen LogP contribution is -1.91. The van der Waals surface area contributed by atoms with Crippen LogP contribution in [0.5, 0.6) is 0 Å². The number of furan rings is 2. The van der Waals surface area contributed by atoms with E-state index in [1.165, 1.54) is 98.2 Å². The van der Waals surface area contributed by atoms with Crippen molar-refractivity contribution in [3.8, 4) is 66.8 Å². The van der Waals surface area contributed by atoms with Gasteiger partial charge in [0.15, 0.2) is 0 Å². The normalized spacial score (nSPS) is 12.0. The minimum atomic E-state index is 0.878. The van der Waals surface area contributed by atoms with Gasteiger partial charge in [-0.15, -0.1) is 0 Å². The second-order valence-electron chi connectivity index (χ2n) is 22.6. The van der Waals surface area contributed by atoms with Crippen LogP contribution in [0.4, 0.5) is 0 Å². The van der Waals surface area contributed by atoms with Gasteiger partial charge in [-0.2, -0.15) is 0 Å². The van der Waals surface area contributed by atoms with E-state index >= 15 is 0 Å². The fourth-order valence-corrected chi connectivity index (χ4v) is 14.1. The summed E-state index contributed by atoms with van der Waals surface area (Å²) >= 11 is 0. The van der Waals surface area contributed by atoms with E-state index in [0.29, 0.717) is 0 Å². The van der Waals surface area contributed by atoms with Gasteiger partial charge in [0.2, 0.25) is 0 Å². The molecule has 0 aliphatic carbocycles. The highest BCUT2D eigenvalue weighted by molar-refractivity contribution is 6.24. The van der Waals surface area contributed by atoms with Gasteiger partial charge in [0.1, 0.15) is 22.3 Å². The highest BCUT2D eigenvalue weighted by atomic mass is 16.3. The molecule has 2 heterocycles. The Morgan fingerprint density at radius 3 is 1.05 bits per heavy atom. The van der Waals surface area contributed by atoms with Crippen molar-refractivity contribution < 1.29 is 8.83 Å². The summed E-state index contributed by atoms with van der Waals surface area (Å²) in [5, 5.41) is 21.3. The van der Waals surface area contributed by atoms with E-state index < -0.39 is 0 Å². The molecule has 2 heteroatoms. The van der Waals surface area contributed by atoms with E-state index in [-0.39, 0.29) is 0 Å². The maximum absolute atomic E-state index is 6.96. The molecule has 0 aliphatic heterocycles. The van der Waals surface area contributed by atoms with Crippen LogP contribution in [0, 0.1) is 0 Å². The molecular formula is C82H48O2. The molecule has 2 nitrogen and oxygen atoms in total. The van der Waals surface area contributed by atoms with Crippen LogP contribution < -0.4 is 0 Å². The lowest BCUT2D eigenvalue weighted by atomic mass is 9.85. The lowest BCUT2D eigenvalue weighted by Gasteiger charge is -2.18. The minimum Gasteiger partial charge on any atom is -0.455 e. The lowest BCUT2D eigenvalue weighted by molar-refractivity contribution is 0.672. The molecule has 0 atom stereocenters. The molecule has 0 bridgehead atoms. The molecule has 16 aromatic carbocycles. The smallest absolute Gasteiger partial charge is 0.143 e. The molecule has 2 aromatic heterocycles. The van der Waals surface area contributed by atoms with Crippen LogP contribution in [0.15, 0.2) is 300 Å². The third-order valence-corrected chi connectivity index (χ3v) is 18.0. The van der Waals surface area contributed by atoms with Crippen LogP contribution in [0.1, 0.15) is 0 Å². The zero-order valence-electron chi connectivity index (χ0n) is 45.5. The molecule has 0 fully saturated rings. The molecule has 0 amide bonds. The molecule has 0 unspecified atom stereocenters. The zero-order chi connectivity index (χ0) is 55.0. The molecule has 0 radical (unpaired) electrons. The Kier molecular flexibility index (Phi) is 10.1. The largest absolute Gasteiger partial charge is 0.455 e. The average molecular weight is 1070 g/mol. The van der Waals surface area contributed by atoms with Crippen molar-refractivity contribution in [1.29, 1.82) is 0 Å². The summed E-state index contributed by atoms with van der Waals surface area (Å²) in [5.74, 6) is 0. The average Bonchev–Trinajstić information content (AvgIpc) is 2.46. The molecule has 0 saturated carbocycles. The Morgan fingerprint density at radius 2 is 0.476 bits per heavy atom. The third-order valence-electron chi connectivity index (χ3n) is 18.0. The fraction of sp³-hybridized carbons (Fsp3) is 0. The van der Waals surface area contributed by atoms with Crippen molar-refractivity contribution in [3.05, 3.63) is 291 Å². The first-order valence-electron chi connectivity index (χ1n) is 28.9. The molecule has 0 saturated heterocycles. The Bertz CT molecular complexity index is 5680. The van der Waals surface area contributed by atoms with Crippen LogP contribution in [-0.4, -0.2) is 0 Å². The first-order chi connectivity index (χ1) is 41.6. The number of hydrogen-bond donors (Lipinski definition) is 0. The van der Waals surface area contributed by atoms with Crippen LogP contribution in [0.3, 0.4) is 0 Å². The summed E-state index contributed by atoms with van der Waals surface area (Å²) in [6.07, 6.45) is 0. The summed E-state index contributed by atoms with van der Waals surface area (Å²) in [6, 6.07) is 107. The van der Waals surface area contributed by atoms with Gasteiger partial charge < -0.3 is 8.83 Å². The maximum atomic E-state index is 6.96. The van der Waals surface area contributed by atoms with Gasteiger partial charge in [0.25, 0.3) is 0 Å². The van der Waals surface area contributed by atoms with E-state index in [0.717, 1.165) is 87.9 Å². The quantitative estimate of drug-likeness (QED) is 0.155. The highest BCUT2D eigenvalue weighted by Gasteiger charge is 2.21. The fourth-order valence-electron chi connectivity index (χ4n) is 14.1. The summed E-state index contributed by atoms with van der Waals surface area (Å²) in [7, 11) is 0. The van der Waals surface area contributed by atoms with Crippen LogP contribution >= 0.6 is 0 Å². The van der Waals surface area contributed by atoms with Gasteiger partial charge in [0, 0.05) is 32.3 Å². The Morgan fingerprint density at radius 1 is 0.155 bits per heavy atom. The molecule has 0 N–H and O–H groups in total. The van der Waals surface area contributed by atoms with Crippen molar-refractivity contribution in [3.63, 3.8) is 0 Å². The molecular weight excluding hydrogens is 1020 g/mol. The summed E-state index contributed by atoms with van der Waals surface area (Å²) in [4.78, 5) is 0. The van der Waals surface area contributed by atoms with Gasteiger partial charge in [-0.05, 0) is 192 Å². The number of rotatable bonds is 6. The predicted molar refractivity (Wildman–Crippen MR) is 356 cm³/mol. The van der Waals surface area contributed by atoms with Crippen molar-refractivity contribution in [2.24, 2.45) is 0 Å². The topological polar surface area (TPSA) is 26.3 Å². The highest BCUT2D eigenvalue weighted by Crippen LogP contribution is 2.48. The van der Waals surface area contributed by atoms with Gasteiger partial charge in [-0.3, -0.25) is 0 Å². The maximum Gasteiger partial charge on any atom is 0.143 e. The Labute approximate surface area is 483 Å². The second-order valence-corrected chi connectivity index (χ2v) is 22.6. The third kappa shape index (κ3) is 7.11. The molecule has 0 spiro atoms. The van der Waals surface area contributed by atoms with E-state index in [9.17, 15) is 0 Å². The zero-order valence-corrected chi connectivity index (χ0v) is 45.5. The number of benzene rings is 16. The standard InChI is InChI=1S/C82H48O2/c1-2-16-51(17-3-1)77-64-21-6-8-23-66(64)78(67-24-9-7-22-65(67)77)58-19-14-18-52(44-58)57-37-39-62-73-42-36-50-29-30-56(46-74(50)82(73)84-75(62)47-57)54-31-32-55-45-59(34-33-53(55)43-54)79-68-25-10-12-27-70(68)80(71-28-13-11-26-69(71)79)60-38-40-63-72-41-35-49-15-4-5-20-61(49)81(72)83-76(63)48-60/h1-48H. The van der Waals surface area contributed by atoms with Gasteiger partial charge in [0.05, 0.1) is 0 Å². The Hall–Kier alpha value is -11.1. The first kappa shape index (κ1) is 46.7. The Balaban J connectivity index is 0.698. The van der Waals surface area contributed by atoms with Crippen molar-refractivity contribution >= 4 is 119 Å². The van der Waals surface area contributed by atoms with Crippen LogP contribution in [-0.2, 0) is 0 Å². The predicted octanol–water partition coefficient (Wildman–Crippen LogP) is 23.6.